The van der Waals surface area contributed by atoms with E-state index in [4.69, 9.17) is 9.15 Å². The Hall–Kier alpha value is -3.87. The molecule has 2 aromatic carbocycles. The standard InChI is InChI=1S/C26H28N2O5/c1-5-32-25(31)19-13-15-20(16-14-19)28(24(30)21-12-9-17-33-21)22(18-10-7-6-8-11-18)23(29)27-26(2,3)4/h6-17,22H,5H2,1-4H3,(H,27,29). The van der Waals surface area contributed by atoms with Gasteiger partial charge in [0.25, 0.3) is 5.91 Å². The first-order valence-corrected chi connectivity index (χ1v) is 10.7. The summed E-state index contributed by atoms with van der Waals surface area (Å²) in [7, 11) is 0. The number of nitrogens with zero attached hydrogens (tertiary/aromatic N) is 1. The molecular weight excluding hydrogens is 420 g/mol. The van der Waals surface area contributed by atoms with Crippen molar-refractivity contribution in [1.29, 1.82) is 0 Å². The molecule has 0 spiro atoms. The zero-order valence-corrected chi connectivity index (χ0v) is 19.2. The molecule has 1 N–H and O–H groups in total. The summed E-state index contributed by atoms with van der Waals surface area (Å²) in [5.41, 5.74) is 0.898. The fourth-order valence-electron chi connectivity index (χ4n) is 3.37. The molecule has 0 aliphatic heterocycles. The Labute approximate surface area is 193 Å². The van der Waals surface area contributed by atoms with Crippen LogP contribution in [0.15, 0.2) is 77.4 Å². The van der Waals surface area contributed by atoms with Gasteiger partial charge in [0.15, 0.2) is 5.76 Å². The maximum absolute atomic E-state index is 13.6. The summed E-state index contributed by atoms with van der Waals surface area (Å²) >= 11 is 0. The monoisotopic (exact) mass is 448 g/mol. The van der Waals surface area contributed by atoms with Crippen molar-refractivity contribution in [2.24, 2.45) is 0 Å². The summed E-state index contributed by atoms with van der Waals surface area (Å²) in [6.45, 7) is 7.61. The molecule has 1 aromatic heterocycles. The third-order valence-electron chi connectivity index (χ3n) is 4.73. The molecule has 2 amide bonds. The van der Waals surface area contributed by atoms with Gasteiger partial charge < -0.3 is 14.5 Å². The van der Waals surface area contributed by atoms with E-state index in [1.54, 1.807) is 55.5 Å². The topological polar surface area (TPSA) is 88.8 Å². The van der Waals surface area contributed by atoms with Gasteiger partial charge in [0, 0.05) is 11.2 Å². The molecule has 0 aliphatic rings. The maximum Gasteiger partial charge on any atom is 0.338 e. The van der Waals surface area contributed by atoms with Crippen LogP contribution in [-0.4, -0.2) is 29.9 Å². The highest BCUT2D eigenvalue weighted by atomic mass is 16.5. The summed E-state index contributed by atoms with van der Waals surface area (Å²) in [4.78, 5) is 40.5. The lowest BCUT2D eigenvalue weighted by molar-refractivity contribution is -0.123. The quantitative estimate of drug-likeness (QED) is 0.527. The Balaban J connectivity index is 2.12. The second kappa shape index (κ2) is 10.2. The lowest BCUT2D eigenvalue weighted by Crippen LogP contribution is -2.49. The molecular formula is C26H28N2O5. The van der Waals surface area contributed by atoms with Crippen molar-refractivity contribution in [3.05, 3.63) is 89.9 Å². The fourth-order valence-corrected chi connectivity index (χ4v) is 3.37. The summed E-state index contributed by atoms with van der Waals surface area (Å²) in [6.07, 6.45) is 1.40. The van der Waals surface area contributed by atoms with Crippen molar-refractivity contribution in [1.82, 2.24) is 5.32 Å². The van der Waals surface area contributed by atoms with Crippen molar-refractivity contribution in [2.75, 3.05) is 11.5 Å². The van der Waals surface area contributed by atoms with Crippen molar-refractivity contribution >= 4 is 23.5 Å². The van der Waals surface area contributed by atoms with E-state index in [1.807, 2.05) is 39.0 Å². The summed E-state index contributed by atoms with van der Waals surface area (Å²) in [5, 5.41) is 2.98. The first-order chi connectivity index (χ1) is 15.7. The normalized spacial score (nSPS) is 12.0. The highest BCUT2D eigenvalue weighted by Gasteiger charge is 2.35. The van der Waals surface area contributed by atoms with E-state index in [1.165, 1.54) is 11.2 Å². The van der Waals surface area contributed by atoms with Gasteiger partial charge in [-0.1, -0.05) is 30.3 Å². The number of anilines is 1. The van der Waals surface area contributed by atoms with E-state index in [0.717, 1.165) is 0 Å². The number of nitrogens with one attached hydrogen (secondary N) is 1. The van der Waals surface area contributed by atoms with E-state index >= 15 is 0 Å². The van der Waals surface area contributed by atoms with E-state index in [0.29, 0.717) is 16.8 Å². The number of amides is 2. The number of rotatable bonds is 7. The van der Waals surface area contributed by atoms with Crippen molar-refractivity contribution in [3.8, 4) is 0 Å². The van der Waals surface area contributed by atoms with E-state index < -0.39 is 23.5 Å². The van der Waals surface area contributed by atoms with Crippen molar-refractivity contribution in [2.45, 2.75) is 39.3 Å². The number of benzene rings is 2. The number of ether oxygens (including phenoxy) is 1. The van der Waals surface area contributed by atoms with Gasteiger partial charge >= 0.3 is 5.97 Å². The zero-order valence-electron chi connectivity index (χ0n) is 19.2. The number of furan rings is 1. The highest BCUT2D eigenvalue weighted by Crippen LogP contribution is 2.31. The Morgan fingerprint density at radius 2 is 1.64 bits per heavy atom. The molecule has 3 rings (SSSR count). The van der Waals surface area contributed by atoms with Crippen LogP contribution < -0.4 is 10.2 Å². The minimum Gasteiger partial charge on any atom is -0.462 e. The molecule has 0 saturated carbocycles. The predicted molar refractivity (Wildman–Crippen MR) is 125 cm³/mol. The molecule has 0 bridgehead atoms. The maximum atomic E-state index is 13.6. The third kappa shape index (κ3) is 5.88. The van der Waals surface area contributed by atoms with Crippen LogP contribution in [0.1, 0.15) is 60.2 Å². The fraction of sp³-hybridized carbons (Fsp3) is 0.269. The molecule has 1 atom stereocenters. The Kier molecular flexibility index (Phi) is 7.33. The molecule has 1 heterocycles. The van der Waals surface area contributed by atoms with Crippen LogP contribution in [0.4, 0.5) is 5.69 Å². The Morgan fingerprint density at radius 1 is 0.970 bits per heavy atom. The van der Waals surface area contributed by atoms with E-state index in [9.17, 15) is 14.4 Å². The third-order valence-corrected chi connectivity index (χ3v) is 4.73. The molecule has 0 saturated heterocycles. The molecule has 0 aliphatic carbocycles. The summed E-state index contributed by atoms with van der Waals surface area (Å²) in [5.74, 6) is -1.20. The van der Waals surface area contributed by atoms with Crippen LogP contribution in [0.25, 0.3) is 0 Å². The molecule has 172 valence electrons. The minimum atomic E-state index is -0.975. The average Bonchev–Trinajstić information content (AvgIpc) is 3.32. The van der Waals surface area contributed by atoms with Crippen molar-refractivity contribution in [3.63, 3.8) is 0 Å². The summed E-state index contributed by atoms with van der Waals surface area (Å²) in [6, 6.07) is 17.6. The van der Waals surface area contributed by atoms with Gasteiger partial charge in [-0.05, 0) is 69.7 Å². The van der Waals surface area contributed by atoms with E-state index in [-0.39, 0.29) is 18.3 Å². The second-order valence-electron chi connectivity index (χ2n) is 8.47. The molecule has 3 aromatic rings. The van der Waals surface area contributed by atoms with Gasteiger partial charge in [0.2, 0.25) is 5.91 Å². The van der Waals surface area contributed by atoms with Gasteiger partial charge in [0.05, 0.1) is 18.4 Å². The van der Waals surface area contributed by atoms with Gasteiger partial charge in [-0.2, -0.15) is 0 Å². The lowest BCUT2D eigenvalue weighted by atomic mass is 10.0. The smallest absolute Gasteiger partial charge is 0.338 e. The SMILES string of the molecule is CCOC(=O)c1ccc(N(C(=O)c2ccco2)C(C(=O)NC(C)(C)C)c2ccccc2)cc1. The highest BCUT2D eigenvalue weighted by molar-refractivity contribution is 6.09. The van der Waals surface area contributed by atoms with Crippen LogP contribution >= 0.6 is 0 Å². The van der Waals surface area contributed by atoms with Crippen LogP contribution in [0, 0.1) is 0 Å². The summed E-state index contributed by atoms with van der Waals surface area (Å²) < 4.78 is 10.4. The van der Waals surface area contributed by atoms with Crippen LogP contribution in [0.3, 0.4) is 0 Å². The van der Waals surface area contributed by atoms with Crippen LogP contribution in [0.2, 0.25) is 0 Å². The number of carbonyl (C=O) groups excluding carboxylic acids is 3. The zero-order chi connectivity index (χ0) is 24.0. The second-order valence-corrected chi connectivity index (χ2v) is 8.47. The molecule has 1 unspecified atom stereocenters. The van der Waals surface area contributed by atoms with Crippen LogP contribution in [-0.2, 0) is 9.53 Å². The van der Waals surface area contributed by atoms with Crippen LogP contribution in [0.5, 0.6) is 0 Å². The number of hydrogen-bond acceptors (Lipinski definition) is 5. The molecule has 7 nitrogen and oxygen atoms in total. The molecule has 33 heavy (non-hydrogen) atoms. The lowest BCUT2D eigenvalue weighted by Gasteiger charge is -2.33. The average molecular weight is 449 g/mol. The number of hydrogen-bond donors (Lipinski definition) is 1. The molecule has 0 radical (unpaired) electrons. The predicted octanol–water partition coefficient (Wildman–Crippen LogP) is 4.76. The van der Waals surface area contributed by atoms with E-state index in [2.05, 4.69) is 5.32 Å². The van der Waals surface area contributed by atoms with Gasteiger partial charge in [-0.15, -0.1) is 0 Å². The number of esters is 1. The Bertz CT molecular complexity index is 1080. The molecule has 7 heteroatoms. The number of carbonyl (C=O) groups is 3. The minimum absolute atomic E-state index is 0.0916. The largest absolute Gasteiger partial charge is 0.462 e. The van der Waals surface area contributed by atoms with Gasteiger partial charge in [-0.25, -0.2) is 4.79 Å². The first kappa shape index (κ1) is 23.8. The molecule has 0 fully saturated rings. The van der Waals surface area contributed by atoms with Crippen molar-refractivity contribution < 1.29 is 23.5 Å². The van der Waals surface area contributed by atoms with Gasteiger partial charge in [0.1, 0.15) is 6.04 Å². The first-order valence-electron chi connectivity index (χ1n) is 10.7. The Morgan fingerprint density at radius 3 is 2.18 bits per heavy atom. The van der Waals surface area contributed by atoms with Gasteiger partial charge in [-0.3, -0.25) is 14.5 Å².